The highest BCUT2D eigenvalue weighted by molar-refractivity contribution is 5.93. The Morgan fingerprint density at radius 1 is 1.15 bits per heavy atom. The van der Waals surface area contributed by atoms with Crippen LogP contribution < -0.4 is 4.90 Å². The Morgan fingerprint density at radius 2 is 2.00 bits per heavy atom. The molecule has 1 N–H and O–H groups in total. The third-order valence-electron chi connectivity index (χ3n) is 7.70. The first-order chi connectivity index (χ1) is 19.3. The van der Waals surface area contributed by atoms with Gasteiger partial charge in [0.15, 0.2) is 11.5 Å². The monoisotopic (exact) mass is 542 g/mol. The number of anilines is 1. The van der Waals surface area contributed by atoms with Crippen molar-refractivity contribution in [3.8, 4) is 11.3 Å². The molecule has 1 aromatic carbocycles. The molecule has 1 atom stereocenters. The molecule has 11 heteroatoms. The summed E-state index contributed by atoms with van der Waals surface area (Å²) in [5.41, 5.74) is 5.52. The summed E-state index contributed by atoms with van der Waals surface area (Å²) in [6.07, 6.45) is 7.99. The minimum atomic E-state index is -0.488. The molecule has 2 saturated heterocycles. The number of aromatic amines is 1. The SMILES string of the molecule is CC(C)(C)OC(=O)N1CC2=CN(Cc3cn4cc(-c5cccc6[nH]ncc56)nc(N5CCOCC5)c4n3)CC2C1. The van der Waals surface area contributed by atoms with Crippen LogP contribution in [0.15, 0.2) is 48.6 Å². The molecule has 0 saturated carbocycles. The number of morpholine rings is 1. The number of amides is 1. The van der Waals surface area contributed by atoms with Crippen molar-refractivity contribution in [1.29, 1.82) is 0 Å². The van der Waals surface area contributed by atoms with E-state index in [9.17, 15) is 4.79 Å². The van der Waals surface area contributed by atoms with Crippen molar-refractivity contribution in [2.45, 2.75) is 32.9 Å². The average molecular weight is 543 g/mol. The van der Waals surface area contributed by atoms with Gasteiger partial charge in [0.1, 0.15) is 5.60 Å². The number of nitrogens with zero attached hydrogens (tertiary/aromatic N) is 7. The van der Waals surface area contributed by atoms with E-state index in [1.54, 1.807) is 0 Å². The Labute approximate surface area is 232 Å². The van der Waals surface area contributed by atoms with Gasteiger partial charge in [0.25, 0.3) is 0 Å². The summed E-state index contributed by atoms with van der Waals surface area (Å²) in [6, 6.07) is 6.13. The molecular formula is C29H34N8O3. The highest BCUT2D eigenvalue weighted by atomic mass is 16.6. The minimum absolute atomic E-state index is 0.236. The molecule has 208 valence electrons. The number of imidazole rings is 1. The Kier molecular flexibility index (Phi) is 5.92. The van der Waals surface area contributed by atoms with Crippen molar-refractivity contribution in [1.82, 2.24) is 34.4 Å². The van der Waals surface area contributed by atoms with Gasteiger partial charge in [-0.15, -0.1) is 0 Å². The number of carbonyl (C=O) groups is 1. The number of fused-ring (bicyclic) bond motifs is 3. The number of hydrogen-bond acceptors (Lipinski definition) is 8. The Bertz CT molecular complexity index is 1610. The summed E-state index contributed by atoms with van der Waals surface area (Å²) in [5, 5.41) is 8.34. The topological polar surface area (TPSA) is 104 Å². The summed E-state index contributed by atoms with van der Waals surface area (Å²) in [5.74, 6) is 1.20. The molecule has 0 radical (unpaired) electrons. The van der Waals surface area contributed by atoms with Crippen LogP contribution in [0.5, 0.6) is 0 Å². The standard InChI is InChI=1S/C29H34N8O3/c1-29(2,3)40-28(38)37-14-19-12-34(13-20(19)15-37)16-21-17-36-18-25(22-5-4-6-24-23(22)11-30-33-24)32-27(26(36)31-21)35-7-9-39-10-8-35/h4-6,11-12,17-18,20H,7-10,13-16H2,1-3H3,(H,30,33). The number of hydrogen-bond donors (Lipinski definition) is 1. The van der Waals surface area contributed by atoms with Crippen molar-refractivity contribution in [3.63, 3.8) is 0 Å². The van der Waals surface area contributed by atoms with Gasteiger partial charge in [-0.25, -0.2) is 14.8 Å². The zero-order chi connectivity index (χ0) is 27.4. The van der Waals surface area contributed by atoms with Crippen LogP contribution in [0.1, 0.15) is 26.5 Å². The van der Waals surface area contributed by atoms with Gasteiger partial charge in [-0.3, -0.25) is 5.10 Å². The van der Waals surface area contributed by atoms with Gasteiger partial charge in [-0.1, -0.05) is 12.1 Å². The fourth-order valence-corrected chi connectivity index (χ4v) is 5.89. The molecule has 7 rings (SSSR count). The van der Waals surface area contributed by atoms with Gasteiger partial charge in [0.05, 0.1) is 42.9 Å². The van der Waals surface area contributed by atoms with E-state index < -0.39 is 5.60 Å². The number of carbonyl (C=O) groups excluding carboxylic acids is 1. The van der Waals surface area contributed by atoms with Crippen molar-refractivity contribution in [2.24, 2.45) is 5.92 Å². The van der Waals surface area contributed by atoms with Crippen molar-refractivity contribution in [2.75, 3.05) is 50.8 Å². The van der Waals surface area contributed by atoms with Crippen molar-refractivity contribution >= 4 is 28.5 Å². The van der Waals surface area contributed by atoms with Crippen LogP contribution in [-0.4, -0.2) is 92.0 Å². The molecule has 0 aliphatic carbocycles. The molecule has 2 fully saturated rings. The van der Waals surface area contributed by atoms with Gasteiger partial charge >= 0.3 is 6.09 Å². The van der Waals surface area contributed by atoms with E-state index >= 15 is 0 Å². The molecule has 3 aliphatic heterocycles. The molecule has 1 unspecified atom stereocenters. The third-order valence-corrected chi connectivity index (χ3v) is 7.70. The largest absolute Gasteiger partial charge is 0.444 e. The zero-order valence-corrected chi connectivity index (χ0v) is 23.1. The van der Waals surface area contributed by atoms with E-state index in [-0.39, 0.29) is 6.09 Å². The average Bonchev–Trinajstić information content (AvgIpc) is 3.70. The van der Waals surface area contributed by atoms with E-state index in [1.165, 1.54) is 5.57 Å². The number of aromatic nitrogens is 5. The summed E-state index contributed by atoms with van der Waals surface area (Å²) in [6.45, 7) is 11.5. The van der Waals surface area contributed by atoms with Crippen LogP contribution in [0.25, 0.3) is 27.8 Å². The lowest BCUT2D eigenvalue weighted by Gasteiger charge is -2.28. The van der Waals surface area contributed by atoms with Crippen LogP contribution in [0.3, 0.4) is 0 Å². The molecular weight excluding hydrogens is 508 g/mol. The normalized spacial score (nSPS) is 19.5. The van der Waals surface area contributed by atoms with Crippen molar-refractivity contribution in [3.05, 3.63) is 54.3 Å². The number of benzene rings is 1. The van der Waals surface area contributed by atoms with Gasteiger partial charge < -0.3 is 28.6 Å². The molecule has 40 heavy (non-hydrogen) atoms. The first kappa shape index (κ1) is 24.9. The molecule has 1 amide bonds. The first-order valence-electron chi connectivity index (χ1n) is 13.9. The predicted molar refractivity (Wildman–Crippen MR) is 151 cm³/mol. The number of rotatable bonds is 4. The molecule has 6 heterocycles. The predicted octanol–water partition coefficient (Wildman–Crippen LogP) is 3.68. The lowest BCUT2D eigenvalue weighted by Crippen LogP contribution is -2.37. The van der Waals surface area contributed by atoms with Gasteiger partial charge in [0, 0.05) is 68.2 Å². The first-order valence-corrected chi connectivity index (χ1v) is 13.9. The van der Waals surface area contributed by atoms with E-state index in [0.717, 1.165) is 59.0 Å². The number of likely N-dealkylation sites (tertiary alicyclic amines) is 1. The van der Waals surface area contributed by atoms with E-state index in [0.29, 0.717) is 38.8 Å². The number of ether oxygens (including phenoxy) is 2. The molecule has 4 aromatic rings. The quantitative estimate of drug-likeness (QED) is 0.417. The van der Waals surface area contributed by atoms with Gasteiger partial charge in [0.2, 0.25) is 0 Å². The Balaban J connectivity index is 1.17. The molecule has 3 aliphatic rings. The Morgan fingerprint density at radius 3 is 2.80 bits per heavy atom. The van der Waals surface area contributed by atoms with E-state index in [1.807, 2.05) is 44.0 Å². The van der Waals surface area contributed by atoms with Crippen molar-refractivity contribution < 1.29 is 14.3 Å². The fraction of sp³-hybridized carbons (Fsp3) is 0.448. The van der Waals surface area contributed by atoms with Crippen LogP contribution in [0.4, 0.5) is 10.6 Å². The molecule has 11 nitrogen and oxygen atoms in total. The second kappa shape index (κ2) is 9.51. The molecule has 0 bridgehead atoms. The van der Waals surface area contributed by atoms with E-state index in [4.69, 9.17) is 19.4 Å². The summed E-state index contributed by atoms with van der Waals surface area (Å²) >= 11 is 0. The summed E-state index contributed by atoms with van der Waals surface area (Å²) in [4.78, 5) is 29.1. The maximum atomic E-state index is 12.5. The maximum absolute atomic E-state index is 12.5. The van der Waals surface area contributed by atoms with Crippen LogP contribution in [0, 0.1) is 5.92 Å². The zero-order valence-electron chi connectivity index (χ0n) is 23.1. The van der Waals surface area contributed by atoms with Crippen LogP contribution in [-0.2, 0) is 16.0 Å². The number of H-pyrrole nitrogens is 1. The lowest BCUT2D eigenvalue weighted by molar-refractivity contribution is 0.0286. The minimum Gasteiger partial charge on any atom is -0.444 e. The highest BCUT2D eigenvalue weighted by Crippen LogP contribution is 2.33. The number of nitrogens with one attached hydrogen (secondary N) is 1. The van der Waals surface area contributed by atoms with E-state index in [2.05, 4.69) is 49.1 Å². The summed E-state index contributed by atoms with van der Waals surface area (Å²) < 4.78 is 13.3. The smallest absolute Gasteiger partial charge is 0.410 e. The van der Waals surface area contributed by atoms with Gasteiger partial charge in [-0.05, 0) is 32.4 Å². The molecule has 3 aromatic heterocycles. The second-order valence-corrected chi connectivity index (χ2v) is 11.8. The summed E-state index contributed by atoms with van der Waals surface area (Å²) in [7, 11) is 0. The Hall–Kier alpha value is -4.12. The lowest BCUT2D eigenvalue weighted by atomic mass is 10.1. The highest BCUT2D eigenvalue weighted by Gasteiger charge is 2.37. The second-order valence-electron chi connectivity index (χ2n) is 11.8. The molecule has 0 spiro atoms. The fourth-order valence-electron chi connectivity index (χ4n) is 5.89. The van der Waals surface area contributed by atoms with Gasteiger partial charge in [-0.2, -0.15) is 5.10 Å². The third kappa shape index (κ3) is 4.64. The van der Waals surface area contributed by atoms with Crippen LogP contribution >= 0.6 is 0 Å². The maximum Gasteiger partial charge on any atom is 0.410 e. The van der Waals surface area contributed by atoms with Crippen LogP contribution in [0.2, 0.25) is 0 Å².